The predicted octanol–water partition coefficient (Wildman–Crippen LogP) is 4.24. The molecule has 234 valence electrons. The third-order valence-corrected chi connectivity index (χ3v) is 7.23. The highest BCUT2D eigenvalue weighted by Crippen LogP contribution is 2.32. The summed E-state index contributed by atoms with van der Waals surface area (Å²) < 4.78 is 11.7. The zero-order valence-corrected chi connectivity index (χ0v) is 26.0. The average Bonchev–Trinajstić information content (AvgIpc) is 3.35. The van der Waals surface area contributed by atoms with Crippen LogP contribution in [-0.2, 0) is 9.47 Å². The fourth-order valence-electron chi connectivity index (χ4n) is 4.92. The van der Waals surface area contributed by atoms with Gasteiger partial charge in [0, 0.05) is 30.9 Å². The number of pyridine rings is 1. The van der Waals surface area contributed by atoms with Crippen molar-refractivity contribution in [2.24, 2.45) is 5.92 Å². The Kier molecular flexibility index (Phi) is 9.62. The summed E-state index contributed by atoms with van der Waals surface area (Å²) in [5.74, 6) is -0.0161. The molecule has 0 spiro atoms. The van der Waals surface area contributed by atoms with Crippen molar-refractivity contribution in [2.45, 2.75) is 71.1 Å². The van der Waals surface area contributed by atoms with Crippen molar-refractivity contribution in [3.8, 4) is 17.5 Å². The highest BCUT2D eigenvalue weighted by molar-refractivity contribution is 6.00. The van der Waals surface area contributed by atoms with Crippen molar-refractivity contribution in [3.05, 3.63) is 47.8 Å². The number of nitrogens with zero attached hydrogens (tertiary/aromatic N) is 4. The summed E-state index contributed by atoms with van der Waals surface area (Å²) in [5, 5.41) is 25.6. The molecule has 1 aliphatic carbocycles. The molecule has 0 aromatic carbocycles. The van der Waals surface area contributed by atoms with Crippen molar-refractivity contribution in [3.63, 3.8) is 0 Å². The molecule has 0 aliphatic heterocycles. The normalized spacial score (nSPS) is 16.3. The SMILES string of the molecule is COC(=O)NCC1CC(Nc2cc(-c3ccc4cc(C#N)cnn34)ncc2C(=O)NCCC(C)(C)NC(=O)OC(C)(C)C)C1. The summed E-state index contributed by atoms with van der Waals surface area (Å²) in [6.45, 7) is 9.95. The first-order chi connectivity index (χ1) is 20.8. The van der Waals surface area contributed by atoms with Crippen molar-refractivity contribution >= 4 is 29.3 Å². The lowest BCUT2D eigenvalue weighted by Crippen LogP contribution is -2.47. The van der Waals surface area contributed by atoms with E-state index in [-0.39, 0.29) is 17.9 Å². The fourth-order valence-corrected chi connectivity index (χ4v) is 4.92. The number of carbonyl (C=O) groups excluding carboxylic acids is 3. The van der Waals surface area contributed by atoms with Crippen LogP contribution in [0.1, 0.15) is 69.8 Å². The molecule has 1 fully saturated rings. The number of rotatable bonds is 10. The van der Waals surface area contributed by atoms with E-state index in [1.807, 2.05) is 32.0 Å². The largest absolute Gasteiger partial charge is 0.453 e. The monoisotopic (exact) mass is 604 g/mol. The third kappa shape index (κ3) is 8.37. The van der Waals surface area contributed by atoms with E-state index in [9.17, 15) is 19.6 Å². The molecule has 1 aliphatic rings. The lowest BCUT2D eigenvalue weighted by Gasteiger charge is -2.37. The van der Waals surface area contributed by atoms with E-state index in [1.54, 1.807) is 31.4 Å². The van der Waals surface area contributed by atoms with Gasteiger partial charge >= 0.3 is 12.2 Å². The zero-order chi connectivity index (χ0) is 32.1. The van der Waals surface area contributed by atoms with Crippen LogP contribution < -0.4 is 21.3 Å². The number of anilines is 1. The summed E-state index contributed by atoms with van der Waals surface area (Å²) in [6, 6.07) is 9.48. The maximum atomic E-state index is 13.4. The Morgan fingerprint density at radius 2 is 1.82 bits per heavy atom. The van der Waals surface area contributed by atoms with Gasteiger partial charge in [-0.3, -0.25) is 9.78 Å². The maximum absolute atomic E-state index is 13.4. The molecule has 13 nitrogen and oxygen atoms in total. The van der Waals surface area contributed by atoms with Crippen LogP contribution in [0.25, 0.3) is 16.9 Å². The van der Waals surface area contributed by atoms with Crippen LogP contribution in [0.2, 0.25) is 0 Å². The second kappa shape index (κ2) is 13.2. The molecule has 0 radical (unpaired) electrons. The van der Waals surface area contributed by atoms with Crippen LogP contribution in [0.15, 0.2) is 36.7 Å². The van der Waals surface area contributed by atoms with E-state index in [1.165, 1.54) is 19.5 Å². The van der Waals surface area contributed by atoms with Gasteiger partial charge in [-0.25, -0.2) is 14.1 Å². The van der Waals surface area contributed by atoms with Gasteiger partial charge in [0.1, 0.15) is 11.7 Å². The van der Waals surface area contributed by atoms with Crippen LogP contribution >= 0.6 is 0 Å². The number of ether oxygens (including phenoxy) is 2. The fraction of sp³-hybridized carbons (Fsp3) is 0.484. The van der Waals surface area contributed by atoms with E-state index in [0.717, 1.165) is 18.4 Å². The number of hydrogen-bond acceptors (Lipinski definition) is 9. The number of hydrogen-bond donors (Lipinski definition) is 4. The first kappa shape index (κ1) is 32.1. The Morgan fingerprint density at radius 1 is 1.07 bits per heavy atom. The first-order valence-electron chi connectivity index (χ1n) is 14.5. The summed E-state index contributed by atoms with van der Waals surface area (Å²) in [5.41, 5.74) is 2.28. The summed E-state index contributed by atoms with van der Waals surface area (Å²) >= 11 is 0. The van der Waals surface area contributed by atoms with Crippen LogP contribution in [-0.4, -0.2) is 70.1 Å². The molecule has 44 heavy (non-hydrogen) atoms. The molecule has 3 aromatic rings. The summed E-state index contributed by atoms with van der Waals surface area (Å²) in [4.78, 5) is 41.7. The topological polar surface area (TPSA) is 172 Å². The molecular weight excluding hydrogens is 564 g/mol. The second-order valence-electron chi connectivity index (χ2n) is 12.6. The van der Waals surface area contributed by atoms with E-state index < -0.39 is 23.3 Å². The molecule has 0 atom stereocenters. The number of amides is 3. The molecule has 1 saturated carbocycles. The minimum absolute atomic E-state index is 0.0959. The average molecular weight is 605 g/mol. The standard InChI is InChI=1S/C31H40N8O5/c1-30(2,3)44-29(42)38-31(4,5)9-10-33-27(40)23-18-34-25(26-8-7-22-13-20(15-32)17-36-39(22)26)14-24(23)37-21-11-19(12-21)16-35-28(41)43-6/h7-8,13-14,17-19,21H,9-12,16H2,1-6H3,(H,33,40)(H,34,37)(H,35,41)(H,38,42). The van der Waals surface area contributed by atoms with Gasteiger partial charge in [-0.15, -0.1) is 0 Å². The molecule has 3 heterocycles. The molecule has 3 aromatic heterocycles. The van der Waals surface area contributed by atoms with E-state index in [4.69, 9.17) is 4.74 Å². The first-order valence-corrected chi connectivity index (χ1v) is 14.5. The van der Waals surface area contributed by atoms with Crippen molar-refractivity contribution in [2.75, 3.05) is 25.5 Å². The number of nitriles is 1. The van der Waals surface area contributed by atoms with Gasteiger partial charge in [-0.05, 0) is 84.1 Å². The van der Waals surface area contributed by atoms with Crippen molar-refractivity contribution in [1.29, 1.82) is 5.26 Å². The third-order valence-electron chi connectivity index (χ3n) is 7.23. The quantitative estimate of drug-likeness (QED) is 0.264. The number of alkyl carbamates (subject to hydrolysis) is 2. The maximum Gasteiger partial charge on any atom is 0.408 e. The lowest BCUT2D eigenvalue weighted by atomic mass is 9.80. The number of nitrogens with one attached hydrogen (secondary N) is 4. The van der Waals surface area contributed by atoms with E-state index >= 15 is 0 Å². The van der Waals surface area contributed by atoms with Crippen LogP contribution in [0.4, 0.5) is 15.3 Å². The Balaban J connectivity index is 1.48. The Labute approximate surface area is 256 Å². The molecule has 3 amide bonds. The summed E-state index contributed by atoms with van der Waals surface area (Å²) in [7, 11) is 1.33. The van der Waals surface area contributed by atoms with Gasteiger partial charge in [-0.1, -0.05) is 0 Å². The van der Waals surface area contributed by atoms with Crippen LogP contribution in [0.3, 0.4) is 0 Å². The number of aromatic nitrogens is 3. The second-order valence-corrected chi connectivity index (χ2v) is 12.6. The Morgan fingerprint density at radius 3 is 2.50 bits per heavy atom. The van der Waals surface area contributed by atoms with Gasteiger partial charge < -0.3 is 30.7 Å². The molecule has 4 N–H and O–H groups in total. The van der Waals surface area contributed by atoms with Gasteiger partial charge in [0.25, 0.3) is 5.91 Å². The molecular formula is C31H40N8O5. The lowest BCUT2D eigenvalue weighted by molar-refractivity contribution is 0.0468. The predicted molar refractivity (Wildman–Crippen MR) is 164 cm³/mol. The van der Waals surface area contributed by atoms with Crippen LogP contribution in [0.5, 0.6) is 0 Å². The molecule has 0 bridgehead atoms. The van der Waals surface area contributed by atoms with Gasteiger partial charge in [0.15, 0.2) is 0 Å². The Bertz CT molecular complexity index is 1560. The smallest absolute Gasteiger partial charge is 0.408 e. The van der Waals surface area contributed by atoms with Crippen LogP contribution in [0, 0.1) is 17.2 Å². The number of methoxy groups -OCH3 is 1. The zero-order valence-electron chi connectivity index (χ0n) is 26.0. The minimum Gasteiger partial charge on any atom is -0.453 e. The number of fused-ring (bicyclic) bond motifs is 1. The molecule has 0 unspecified atom stereocenters. The van der Waals surface area contributed by atoms with E-state index in [0.29, 0.717) is 47.7 Å². The van der Waals surface area contributed by atoms with E-state index in [2.05, 4.69) is 42.2 Å². The Hall–Kier alpha value is -4.86. The van der Waals surface area contributed by atoms with Gasteiger partial charge in [0.05, 0.1) is 47.0 Å². The minimum atomic E-state index is -0.619. The van der Waals surface area contributed by atoms with Crippen molar-refractivity contribution < 1.29 is 23.9 Å². The summed E-state index contributed by atoms with van der Waals surface area (Å²) in [6.07, 6.45) is 4.13. The molecule has 13 heteroatoms. The van der Waals surface area contributed by atoms with Gasteiger partial charge in [-0.2, -0.15) is 10.4 Å². The highest BCUT2D eigenvalue weighted by Gasteiger charge is 2.31. The molecule has 4 rings (SSSR count). The molecule has 0 saturated heterocycles. The van der Waals surface area contributed by atoms with Gasteiger partial charge in [0.2, 0.25) is 0 Å². The van der Waals surface area contributed by atoms with Crippen molar-refractivity contribution in [1.82, 2.24) is 30.5 Å². The highest BCUT2D eigenvalue weighted by atomic mass is 16.6. The number of carbonyl (C=O) groups is 3.